The van der Waals surface area contributed by atoms with Gasteiger partial charge in [0.25, 0.3) is 5.69 Å². The van der Waals surface area contributed by atoms with Crippen LogP contribution in [0.25, 0.3) is 0 Å². The van der Waals surface area contributed by atoms with Crippen LogP contribution in [0.15, 0.2) is 16.6 Å². The van der Waals surface area contributed by atoms with Gasteiger partial charge in [-0.1, -0.05) is 0 Å². The minimum absolute atomic E-state index is 0.0488. The first-order valence-electron chi connectivity index (χ1n) is 6.00. The zero-order valence-electron chi connectivity index (χ0n) is 11.0. The summed E-state index contributed by atoms with van der Waals surface area (Å²) in [6.07, 6.45) is -0.196. The Hall–Kier alpha value is -1.74. The summed E-state index contributed by atoms with van der Waals surface area (Å²) in [4.78, 5) is 23.1. The highest BCUT2D eigenvalue weighted by atomic mass is 79.9. The van der Waals surface area contributed by atoms with Crippen molar-refractivity contribution in [2.75, 3.05) is 18.6 Å². The SMILES string of the molecule is COC1CC(C(=O)O)N(c2cc(F)c(Br)cc2[N+](=O)[O-])C1. The summed E-state index contributed by atoms with van der Waals surface area (Å²) < 4.78 is 18.8. The van der Waals surface area contributed by atoms with E-state index in [1.165, 1.54) is 12.0 Å². The van der Waals surface area contributed by atoms with Crippen molar-refractivity contribution < 1.29 is 24.0 Å². The molecule has 0 radical (unpaired) electrons. The minimum atomic E-state index is -1.13. The lowest BCUT2D eigenvalue weighted by Crippen LogP contribution is -2.36. The van der Waals surface area contributed by atoms with Crippen LogP contribution in [0.4, 0.5) is 15.8 Å². The number of nitro benzene ring substituents is 1. The maximum absolute atomic E-state index is 13.7. The number of nitro groups is 1. The Morgan fingerprint density at radius 1 is 1.62 bits per heavy atom. The molecular formula is C12H12BrFN2O5. The molecule has 114 valence electrons. The summed E-state index contributed by atoms with van der Waals surface area (Å²) in [6, 6.07) is 1.01. The Labute approximate surface area is 127 Å². The number of rotatable bonds is 4. The van der Waals surface area contributed by atoms with Crippen LogP contribution < -0.4 is 4.90 Å². The Balaban J connectivity index is 2.51. The van der Waals surface area contributed by atoms with Gasteiger partial charge in [0.1, 0.15) is 17.5 Å². The largest absolute Gasteiger partial charge is 0.480 e. The van der Waals surface area contributed by atoms with E-state index >= 15 is 0 Å². The lowest BCUT2D eigenvalue weighted by atomic mass is 10.2. The Bertz CT molecular complexity index is 597. The van der Waals surface area contributed by atoms with Crippen molar-refractivity contribution in [3.63, 3.8) is 0 Å². The molecule has 1 aliphatic heterocycles. The third-order valence-corrected chi connectivity index (χ3v) is 4.01. The predicted molar refractivity (Wildman–Crippen MR) is 74.9 cm³/mol. The van der Waals surface area contributed by atoms with E-state index in [0.29, 0.717) is 0 Å². The van der Waals surface area contributed by atoms with Gasteiger partial charge in [0.05, 0.1) is 15.5 Å². The fourth-order valence-corrected chi connectivity index (χ4v) is 2.70. The first kappa shape index (κ1) is 15.6. The van der Waals surface area contributed by atoms with Gasteiger partial charge in [-0.05, 0) is 15.9 Å². The number of carbonyl (C=O) groups is 1. The van der Waals surface area contributed by atoms with Crippen LogP contribution in [-0.4, -0.2) is 41.8 Å². The van der Waals surface area contributed by atoms with Crippen LogP contribution in [0.5, 0.6) is 0 Å². The Morgan fingerprint density at radius 3 is 2.81 bits per heavy atom. The molecular weight excluding hydrogens is 351 g/mol. The van der Waals surface area contributed by atoms with Crippen molar-refractivity contribution in [2.45, 2.75) is 18.6 Å². The smallest absolute Gasteiger partial charge is 0.326 e. The number of nitrogens with zero attached hydrogens (tertiary/aromatic N) is 2. The van der Waals surface area contributed by atoms with Crippen LogP contribution in [0.3, 0.4) is 0 Å². The number of anilines is 1. The zero-order chi connectivity index (χ0) is 15.7. The lowest BCUT2D eigenvalue weighted by molar-refractivity contribution is -0.384. The van der Waals surface area contributed by atoms with Crippen molar-refractivity contribution in [3.05, 3.63) is 32.5 Å². The molecule has 1 aromatic rings. The van der Waals surface area contributed by atoms with Crippen LogP contribution in [0.2, 0.25) is 0 Å². The number of carboxylic acid groups (broad SMARTS) is 1. The number of benzene rings is 1. The molecule has 1 aliphatic rings. The molecule has 0 amide bonds. The van der Waals surface area contributed by atoms with Crippen LogP contribution in [-0.2, 0) is 9.53 Å². The molecule has 2 unspecified atom stereocenters. The molecule has 21 heavy (non-hydrogen) atoms. The zero-order valence-corrected chi connectivity index (χ0v) is 12.5. The lowest BCUT2D eigenvalue weighted by Gasteiger charge is -2.23. The molecule has 1 heterocycles. The highest BCUT2D eigenvalue weighted by molar-refractivity contribution is 9.10. The molecule has 1 N–H and O–H groups in total. The van der Waals surface area contributed by atoms with E-state index in [4.69, 9.17) is 4.74 Å². The molecule has 1 saturated heterocycles. The summed E-state index contributed by atoms with van der Waals surface area (Å²) in [7, 11) is 1.43. The maximum atomic E-state index is 13.7. The van der Waals surface area contributed by atoms with Crippen molar-refractivity contribution in [1.29, 1.82) is 0 Å². The van der Waals surface area contributed by atoms with E-state index in [9.17, 15) is 24.4 Å². The number of halogens is 2. The van der Waals surface area contributed by atoms with Gasteiger partial charge in [0.2, 0.25) is 0 Å². The standard InChI is InChI=1S/C12H12BrFN2O5/c1-21-6-2-11(12(17)18)15(5-6)9-4-8(14)7(13)3-10(9)16(19)20/h3-4,6,11H,2,5H2,1H3,(H,17,18). The van der Waals surface area contributed by atoms with E-state index in [1.807, 2.05) is 0 Å². The predicted octanol–water partition coefficient (Wildman–Crippen LogP) is 2.17. The van der Waals surface area contributed by atoms with E-state index < -0.39 is 22.8 Å². The molecule has 0 spiro atoms. The second-order valence-electron chi connectivity index (χ2n) is 4.61. The van der Waals surface area contributed by atoms with Crippen LogP contribution in [0.1, 0.15) is 6.42 Å². The second kappa shape index (κ2) is 5.94. The summed E-state index contributed by atoms with van der Waals surface area (Å²) in [5.74, 6) is -1.83. The average molecular weight is 363 g/mol. The van der Waals surface area contributed by atoms with Gasteiger partial charge in [-0.25, -0.2) is 9.18 Å². The van der Waals surface area contributed by atoms with Crippen molar-refractivity contribution >= 4 is 33.3 Å². The summed E-state index contributed by atoms with van der Waals surface area (Å²) >= 11 is 2.89. The van der Waals surface area contributed by atoms with Crippen molar-refractivity contribution in [3.8, 4) is 0 Å². The highest BCUT2D eigenvalue weighted by Crippen LogP contribution is 2.37. The molecule has 2 atom stereocenters. The summed E-state index contributed by atoms with van der Waals surface area (Å²) in [6.45, 7) is 0.148. The van der Waals surface area contributed by atoms with E-state index in [2.05, 4.69) is 15.9 Å². The Morgan fingerprint density at radius 2 is 2.29 bits per heavy atom. The fourth-order valence-electron chi connectivity index (χ4n) is 2.37. The summed E-state index contributed by atoms with van der Waals surface area (Å²) in [5.41, 5.74) is -0.418. The maximum Gasteiger partial charge on any atom is 0.326 e. The number of hydrogen-bond donors (Lipinski definition) is 1. The van der Waals surface area contributed by atoms with Gasteiger partial charge in [-0.15, -0.1) is 0 Å². The van der Waals surface area contributed by atoms with E-state index in [0.717, 1.165) is 12.1 Å². The molecule has 1 aromatic carbocycles. The monoisotopic (exact) mass is 362 g/mol. The molecule has 7 nitrogen and oxygen atoms in total. The Kier molecular flexibility index (Phi) is 4.43. The second-order valence-corrected chi connectivity index (χ2v) is 5.47. The number of ether oxygens (including phenoxy) is 1. The van der Waals surface area contributed by atoms with Crippen LogP contribution in [0, 0.1) is 15.9 Å². The highest BCUT2D eigenvalue weighted by Gasteiger charge is 2.40. The average Bonchev–Trinajstić information content (AvgIpc) is 2.85. The molecule has 0 saturated carbocycles. The fraction of sp³-hybridized carbons (Fsp3) is 0.417. The van der Waals surface area contributed by atoms with Gasteiger partial charge in [0, 0.05) is 32.2 Å². The molecule has 0 aliphatic carbocycles. The van der Waals surface area contributed by atoms with E-state index in [1.54, 1.807) is 0 Å². The first-order chi connectivity index (χ1) is 9.85. The van der Waals surface area contributed by atoms with Crippen molar-refractivity contribution in [2.24, 2.45) is 0 Å². The number of hydrogen-bond acceptors (Lipinski definition) is 5. The molecule has 0 bridgehead atoms. The molecule has 9 heteroatoms. The van der Waals surface area contributed by atoms with E-state index in [-0.39, 0.29) is 34.9 Å². The van der Waals surface area contributed by atoms with Crippen LogP contribution >= 0.6 is 15.9 Å². The number of methoxy groups -OCH3 is 1. The first-order valence-corrected chi connectivity index (χ1v) is 6.80. The minimum Gasteiger partial charge on any atom is -0.480 e. The topological polar surface area (TPSA) is 92.9 Å². The normalized spacial score (nSPS) is 21.6. The van der Waals surface area contributed by atoms with Gasteiger partial charge < -0.3 is 14.7 Å². The third kappa shape index (κ3) is 2.98. The number of carboxylic acids is 1. The van der Waals surface area contributed by atoms with Crippen molar-refractivity contribution in [1.82, 2.24) is 0 Å². The third-order valence-electron chi connectivity index (χ3n) is 3.40. The molecule has 1 fully saturated rings. The quantitative estimate of drug-likeness (QED) is 0.651. The van der Waals surface area contributed by atoms with Gasteiger partial charge in [0.15, 0.2) is 0 Å². The van der Waals surface area contributed by atoms with Gasteiger partial charge in [-0.2, -0.15) is 0 Å². The van der Waals surface area contributed by atoms with Gasteiger partial charge >= 0.3 is 5.97 Å². The molecule has 0 aromatic heterocycles. The number of aliphatic carboxylic acids is 1. The summed E-state index contributed by atoms with van der Waals surface area (Å²) in [5, 5.41) is 20.4. The molecule has 2 rings (SSSR count). The van der Waals surface area contributed by atoms with Gasteiger partial charge in [-0.3, -0.25) is 10.1 Å².